The van der Waals surface area contributed by atoms with E-state index < -0.39 is 0 Å². The maximum Gasteiger partial charge on any atom is 0.259 e. The lowest BCUT2D eigenvalue weighted by Crippen LogP contribution is -2.13. The summed E-state index contributed by atoms with van der Waals surface area (Å²) in [4.78, 5) is 17.3. The highest BCUT2D eigenvalue weighted by molar-refractivity contribution is 6.06. The Morgan fingerprint density at radius 2 is 1.59 bits per heavy atom. The molecule has 174 valence electrons. The van der Waals surface area contributed by atoms with Crippen LogP contribution < -0.4 is 24.3 Å². The van der Waals surface area contributed by atoms with Crippen molar-refractivity contribution < 1.29 is 28.3 Å². The summed E-state index contributed by atoms with van der Waals surface area (Å²) < 4.78 is 26.6. The molecular formula is C25H23N3O6. The Kier molecular flexibility index (Phi) is 6.63. The summed E-state index contributed by atoms with van der Waals surface area (Å²) in [6.07, 6.45) is 0. The van der Waals surface area contributed by atoms with Crippen molar-refractivity contribution in [2.24, 2.45) is 0 Å². The highest BCUT2D eigenvalue weighted by atomic mass is 16.5. The molecule has 0 aliphatic carbocycles. The Labute approximate surface area is 196 Å². The van der Waals surface area contributed by atoms with Gasteiger partial charge in [-0.1, -0.05) is 17.3 Å². The average Bonchev–Trinajstić information content (AvgIpc) is 3.38. The van der Waals surface area contributed by atoms with Gasteiger partial charge in [-0.2, -0.15) is 4.98 Å². The predicted molar refractivity (Wildman–Crippen MR) is 126 cm³/mol. The monoisotopic (exact) mass is 461 g/mol. The van der Waals surface area contributed by atoms with Crippen molar-refractivity contribution in [3.63, 3.8) is 0 Å². The highest BCUT2D eigenvalue weighted by Crippen LogP contribution is 2.33. The third-order valence-electron chi connectivity index (χ3n) is 5.09. The molecule has 1 heterocycles. The number of nitrogens with zero attached hydrogens (tertiary/aromatic N) is 2. The molecule has 0 saturated carbocycles. The van der Waals surface area contributed by atoms with Gasteiger partial charge < -0.3 is 28.8 Å². The normalized spacial score (nSPS) is 10.5. The highest BCUT2D eigenvalue weighted by Gasteiger charge is 2.16. The van der Waals surface area contributed by atoms with Gasteiger partial charge >= 0.3 is 0 Å². The number of carbonyl (C=O) groups is 1. The number of ether oxygens (including phenoxy) is 4. The maximum absolute atomic E-state index is 12.8. The number of rotatable bonds is 8. The van der Waals surface area contributed by atoms with E-state index in [0.29, 0.717) is 57.1 Å². The summed E-state index contributed by atoms with van der Waals surface area (Å²) in [5, 5.41) is 6.95. The van der Waals surface area contributed by atoms with Crippen LogP contribution in [-0.2, 0) is 0 Å². The number of nitrogens with one attached hydrogen (secondary N) is 1. The van der Waals surface area contributed by atoms with Crippen molar-refractivity contribution >= 4 is 11.6 Å². The second-order valence-electron chi connectivity index (χ2n) is 7.09. The van der Waals surface area contributed by atoms with Gasteiger partial charge in [0.1, 0.15) is 11.5 Å². The van der Waals surface area contributed by atoms with Gasteiger partial charge in [0.2, 0.25) is 5.82 Å². The zero-order valence-corrected chi connectivity index (χ0v) is 19.1. The van der Waals surface area contributed by atoms with E-state index in [1.165, 1.54) is 7.11 Å². The van der Waals surface area contributed by atoms with Crippen LogP contribution in [0.5, 0.6) is 23.0 Å². The van der Waals surface area contributed by atoms with Crippen LogP contribution in [0.25, 0.3) is 22.8 Å². The minimum atomic E-state index is -0.323. The molecule has 1 amide bonds. The van der Waals surface area contributed by atoms with Crippen molar-refractivity contribution in [1.82, 2.24) is 10.1 Å². The molecule has 0 aliphatic rings. The molecule has 0 unspecified atom stereocenters. The lowest BCUT2D eigenvalue weighted by atomic mass is 10.1. The molecule has 1 N–H and O–H groups in total. The first kappa shape index (κ1) is 22.7. The third kappa shape index (κ3) is 4.63. The van der Waals surface area contributed by atoms with Gasteiger partial charge in [-0.25, -0.2) is 0 Å². The summed E-state index contributed by atoms with van der Waals surface area (Å²) in [5.41, 5.74) is 2.31. The molecule has 0 radical (unpaired) electrons. The number of benzene rings is 3. The smallest absolute Gasteiger partial charge is 0.259 e. The first-order valence-electron chi connectivity index (χ1n) is 10.3. The van der Waals surface area contributed by atoms with E-state index in [1.54, 1.807) is 75.9 Å². The van der Waals surface area contributed by atoms with Gasteiger partial charge in [-0.3, -0.25) is 4.79 Å². The summed E-state index contributed by atoms with van der Waals surface area (Å²) in [7, 11) is 6.17. The van der Waals surface area contributed by atoms with Gasteiger partial charge in [-0.05, 0) is 42.5 Å². The number of anilines is 1. The molecule has 4 aromatic rings. The van der Waals surface area contributed by atoms with E-state index in [-0.39, 0.29) is 5.91 Å². The molecule has 0 saturated heterocycles. The molecule has 4 rings (SSSR count). The van der Waals surface area contributed by atoms with E-state index >= 15 is 0 Å². The molecule has 0 atom stereocenters. The van der Waals surface area contributed by atoms with Gasteiger partial charge in [0.05, 0.1) is 34.0 Å². The second-order valence-corrected chi connectivity index (χ2v) is 7.09. The van der Waals surface area contributed by atoms with Crippen molar-refractivity contribution in [2.45, 2.75) is 0 Å². The number of aromatic nitrogens is 2. The lowest BCUT2D eigenvalue weighted by Gasteiger charge is -2.11. The Balaban J connectivity index is 1.56. The van der Waals surface area contributed by atoms with Crippen LogP contribution in [0.2, 0.25) is 0 Å². The number of hydrogen-bond donors (Lipinski definition) is 1. The van der Waals surface area contributed by atoms with Crippen LogP contribution in [0.4, 0.5) is 5.69 Å². The zero-order valence-electron chi connectivity index (χ0n) is 19.1. The van der Waals surface area contributed by atoms with Crippen molar-refractivity contribution in [3.8, 4) is 45.8 Å². The Morgan fingerprint density at radius 3 is 2.32 bits per heavy atom. The molecule has 3 aromatic carbocycles. The molecular weight excluding hydrogens is 438 g/mol. The Bertz CT molecular complexity index is 1320. The largest absolute Gasteiger partial charge is 0.497 e. The number of methoxy groups -OCH3 is 4. The SMILES string of the molecule is COc1ccc(C(=O)Nc2cccc(-c3noc(-c4ccc(OC)c(OC)c4)n3)c2)c(OC)c1. The minimum absolute atomic E-state index is 0.323. The Hall–Kier alpha value is -4.53. The quantitative estimate of drug-likeness (QED) is 0.403. The fourth-order valence-electron chi connectivity index (χ4n) is 3.35. The standard InChI is InChI=1S/C25H23N3O6/c1-30-18-9-10-19(21(14-18)32-3)24(29)26-17-7-5-6-15(12-17)23-27-25(34-28-23)16-8-11-20(31-2)22(13-16)33-4/h5-14H,1-4H3,(H,26,29). The van der Waals surface area contributed by atoms with Crippen LogP contribution in [0, 0.1) is 0 Å². The van der Waals surface area contributed by atoms with Gasteiger partial charge in [0.15, 0.2) is 11.5 Å². The first-order valence-corrected chi connectivity index (χ1v) is 10.3. The predicted octanol–water partition coefficient (Wildman–Crippen LogP) is 4.69. The molecule has 34 heavy (non-hydrogen) atoms. The van der Waals surface area contributed by atoms with Crippen LogP contribution in [0.15, 0.2) is 65.2 Å². The fraction of sp³-hybridized carbons (Fsp3) is 0.160. The van der Waals surface area contributed by atoms with E-state index in [0.717, 1.165) is 0 Å². The van der Waals surface area contributed by atoms with Crippen molar-refractivity contribution in [2.75, 3.05) is 33.8 Å². The summed E-state index contributed by atoms with van der Waals surface area (Å²) in [5.74, 6) is 2.54. The average molecular weight is 461 g/mol. The van der Waals surface area contributed by atoms with Crippen molar-refractivity contribution in [1.29, 1.82) is 0 Å². The van der Waals surface area contributed by atoms with Crippen LogP contribution in [0.1, 0.15) is 10.4 Å². The van der Waals surface area contributed by atoms with E-state index in [1.807, 2.05) is 6.07 Å². The van der Waals surface area contributed by atoms with Crippen molar-refractivity contribution in [3.05, 3.63) is 66.2 Å². The molecule has 0 aliphatic heterocycles. The summed E-state index contributed by atoms with van der Waals surface area (Å²) in [6, 6.07) is 17.5. The molecule has 1 aromatic heterocycles. The molecule has 0 spiro atoms. The number of amides is 1. The number of carbonyl (C=O) groups excluding carboxylic acids is 1. The van der Waals surface area contributed by atoms with Gasteiger partial charge in [-0.15, -0.1) is 0 Å². The van der Waals surface area contributed by atoms with Gasteiger partial charge in [0, 0.05) is 22.9 Å². The molecule has 9 heteroatoms. The van der Waals surface area contributed by atoms with E-state index in [9.17, 15) is 4.79 Å². The third-order valence-corrected chi connectivity index (χ3v) is 5.09. The van der Waals surface area contributed by atoms with Crippen LogP contribution in [0.3, 0.4) is 0 Å². The summed E-state index contributed by atoms with van der Waals surface area (Å²) >= 11 is 0. The fourth-order valence-corrected chi connectivity index (χ4v) is 3.35. The van der Waals surface area contributed by atoms with Crippen LogP contribution >= 0.6 is 0 Å². The van der Waals surface area contributed by atoms with E-state index in [2.05, 4.69) is 15.5 Å². The minimum Gasteiger partial charge on any atom is -0.497 e. The van der Waals surface area contributed by atoms with Gasteiger partial charge in [0.25, 0.3) is 11.8 Å². The number of hydrogen-bond acceptors (Lipinski definition) is 8. The second kappa shape index (κ2) is 9.95. The maximum atomic E-state index is 12.8. The molecule has 0 bridgehead atoms. The lowest BCUT2D eigenvalue weighted by molar-refractivity contribution is 0.102. The first-order chi connectivity index (χ1) is 16.6. The molecule has 0 fully saturated rings. The van der Waals surface area contributed by atoms with Crippen LogP contribution in [-0.4, -0.2) is 44.5 Å². The topological polar surface area (TPSA) is 105 Å². The summed E-state index contributed by atoms with van der Waals surface area (Å²) in [6.45, 7) is 0. The molecule has 9 nitrogen and oxygen atoms in total. The zero-order chi connectivity index (χ0) is 24.1. The Morgan fingerprint density at radius 1 is 0.794 bits per heavy atom. The van der Waals surface area contributed by atoms with E-state index in [4.69, 9.17) is 23.5 Å².